The zero-order valence-corrected chi connectivity index (χ0v) is 15.2. The molecule has 10 heteroatoms. The van der Waals surface area contributed by atoms with E-state index in [1.807, 2.05) is 0 Å². The minimum absolute atomic E-state index is 0. The third-order valence-electron chi connectivity index (χ3n) is 3.59. The van der Waals surface area contributed by atoms with Crippen molar-refractivity contribution in [1.82, 2.24) is 15.6 Å². The summed E-state index contributed by atoms with van der Waals surface area (Å²) in [6.07, 6.45) is -4.40. The predicted molar refractivity (Wildman–Crippen MR) is 95.7 cm³/mol. The fourth-order valence-corrected chi connectivity index (χ4v) is 2.96. The van der Waals surface area contributed by atoms with Gasteiger partial charge in [-0.1, -0.05) is 12.1 Å². The van der Waals surface area contributed by atoms with Crippen LogP contribution in [0.1, 0.15) is 16.1 Å². The summed E-state index contributed by atoms with van der Waals surface area (Å²) in [5.41, 5.74) is -0.143. The summed E-state index contributed by atoms with van der Waals surface area (Å²) < 4.78 is 38.2. The molecule has 2 heterocycles. The molecule has 1 aromatic carbocycles. The molecule has 0 spiro atoms. The Hall–Kier alpha value is -1.35. The Labute approximate surface area is 159 Å². The highest BCUT2D eigenvalue weighted by molar-refractivity contribution is 7.13. The molecule has 1 aliphatic heterocycles. The molecule has 0 atom stereocenters. The lowest BCUT2D eigenvalue weighted by Gasteiger charge is -2.26. The van der Waals surface area contributed by atoms with Crippen LogP contribution >= 0.6 is 36.2 Å². The van der Waals surface area contributed by atoms with E-state index in [0.29, 0.717) is 23.0 Å². The van der Waals surface area contributed by atoms with Gasteiger partial charge in [0.15, 0.2) is 0 Å². The summed E-state index contributed by atoms with van der Waals surface area (Å²) in [4.78, 5) is 16.1. The van der Waals surface area contributed by atoms with E-state index < -0.39 is 11.7 Å². The molecular formula is C15H16Cl2F3N3OS. The van der Waals surface area contributed by atoms with Gasteiger partial charge in [-0.15, -0.1) is 36.2 Å². The van der Waals surface area contributed by atoms with Gasteiger partial charge < -0.3 is 10.6 Å². The van der Waals surface area contributed by atoms with Gasteiger partial charge in [-0.3, -0.25) is 4.79 Å². The Morgan fingerprint density at radius 2 is 2.04 bits per heavy atom. The minimum atomic E-state index is -4.40. The maximum atomic E-state index is 12.7. The van der Waals surface area contributed by atoms with Crippen LogP contribution < -0.4 is 10.6 Å². The van der Waals surface area contributed by atoms with E-state index in [4.69, 9.17) is 0 Å². The number of halogens is 5. The number of carbonyl (C=O) groups excluding carboxylic acids is 1. The van der Waals surface area contributed by atoms with E-state index >= 15 is 0 Å². The molecule has 2 N–H and O–H groups in total. The van der Waals surface area contributed by atoms with Crippen molar-refractivity contribution < 1.29 is 18.0 Å². The van der Waals surface area contributed by atoms with E-state index in [2.05, 4.69) is 15.6 Å². The van der Waals surface area contributed by atoms with Gasteiger partial charge in [0.05, 0.1) is 5.56 Å². The smallest absolute Gasteiger partial charge is 0.350 e. The number of amides is 1. The van der Waals surface area contributed by atoms with Crippen molar-refractivity contribution in [2.24, 2.45) is 5.92 Å². The molecule has 2 aromatic rings. The highest BCUT2D eigenvalue weighted by atomic mass is 35.5. The number of benzene rings is 1. The molecule has 1 aliphatic rings. The lowest BCUT2D eigenvalue weighted by Crippen LogP contribution is -2.48. The second-order valence-corrected chi connectivity index (χ2v) is 6.21. The summed E-state index contributed by atoms with van der Waals surface area (Å²) in [6.45, 7) is 2.34. The fourth-order valence-electron chi connectivity index (χ4n) is 2.16. The first-order chi connectivity index (χ1) is 10.9. The molecule has 0 unspecified atom stereocenters. The molecule has 0 saturated carbocycles. The number of rotatable bonds is 4. The molecule has 3 rings (SSSR count). The van der Waals surface area contributed by atoms with Crippen LogP contribution in [0.4, 0.5) is 13.2 Å². The fraction of sp³-hybridized carbons (Fsp3) is 0.333. The molecular weight excluding hydrogens is 398 g/mol. The van der Waals surface area contributed by atoms with Crippen molar-refractivity contribution in [2.45, 2.75) is 6.18 Å². The first-order valence-corrected chi connectivity index (χ1v) is 7.93. The highest BCUT2D eigenvalue weighted by Crippen LogP contribution is 2.33. The van der Waals surface area contributed by atoms with Gasteiger partial charge in [0.25, 0.3) is 5.91 Å². The zero-order chi connectivity index (χ0) is 16.4. The number of aromatic nitrogens is 1. The van der Waals surface area contributed by atoms with E-state index in [1.165, 1.54) is 6.07 Å². The zero-order valence-electron chi connectivity index (χ0n) is 12.8. The second-order valence-electron chi connectivity index (χ2n) is 5.35. The number of hydrogen-bond donors (Lipinski definition) is 2. The van der Waals surface area contributed by atoms with Crippen LogP contribution in [-0.2, 0) is 6.18 Å². The molecule has 25 heavy (non-hydrogen) atoms. The normalized spacial score (nSPS) is 14.0. The lowest BCUT2D eigenvalue weighted by molar-refractivity contribution is -0.137. The number of alkyl halides is 3. The van der Waals surface area contributed by atoms with Crippen LogP contribution in [0.15, 0.2) is 29.6 Å². The quantitative estimate of drug-likeness (QED) is 0.804. The number of thiazole rings is 1. The van der Waals surface area contributed by atoms with Crippen molar-refractivity contribution in [1.29, 1.82) is 0 Å². The van der Waals surface area contributed by atoms with Crippen molar-refractivity contribution >= 4 is 42.1 Å². The summed E-state index contributed by atoms with van der Waals surface area (Å²) in [5.74, 6) is 0.131. The van der Waals surface area contributed by atoms with Gasteiger partial charge in [0.1, 0.15) is 10.7 Å². The number of nitrogens with one attached hydrogen (secondary N) is 2. The van der Waals surface area contributed by atoms with Gasteiger partial charge in [-0.05, 0) is 12.1 Å². The average Bonchev–Trinajstić information content (AvgIpc) is 2.94. The van der Waals surface area contributed by atoms with Gasteiger partial charge in [-0.25, -0.2) is 4.98 Å². The summed E-state index contributed by atoms with van der Waals surface area (Å²) in [7, 11) is 0. The van der Waals surface area contributed by atoms with E-state index in [1.54, 1.807) is 11.4 Å². The van der Waals surface area contributed by atoms with Crippen molar-refractivity contribution in [3.8, 4) is 10.6 Å². The SMILES string of the molecule is Cl.Cl.O=C(NCC1CNC1)c1csc(-c2cccc(C(F)(F)F)c2)n1. The molecule has 1 aromatic heterocycles. The van der Waals surface area contributed by atoms with Crippen LogP contribution in [0.25, 0.3) is 10.6 Å². The Balaban J connectivity index is 0.00000156. The molecule has 1 amide bonds. The third-order valence-corrected chi connectivity index (χ3v) is 4.48. The van der Waals surface area contributed by atoms with Crippen molar-refractivity contribution in [3.05, 3.63) is 40.9 Å². The van der Waals surface area contributed by atoms with Crippen LogP contribution in [0.3, 0.4) is 0 Å². The van der Waals surface area contributed by atoms with Crippen LogP contribution in [0, 0.1) is 5.92 Å². The van der Waals surface area contributed by atoms with Gasteiger partial charge in [0, 0.05) is 36.5 Å². The Morgan fingerprint density at radius 1 is 1.32 bits per heavy atom. The first-order valence-electron chi connectivity index (χ1n) is 7.05. The Kier molecular flexibility index (Phi) is 7.67. The van der Waals surface area contributed by atoms with Gasteiger partial charge in [-0.2, -0.15) is 13.2 Å². The standard InChI is InChI=1S/C15H14F3N3OS.2ClH/c16-15(17,18)11-3-1-2-10(4-11)14-21-12(8-23-14)13(22)20-7-9-5-19-6-9;;/h1-4,8-9,19H,5-7H2,(H,20,22);2*1H. The van der Waals surface area contributed by atoms with Gasteiger partial charge in [0.2, 0.25) is 0 Å². The monoisotopic (exact) mass is 413 g/mol. The Morgan fingerprint density at radius 3 is 2.64 bits per heavy atom. The molecule has 1 fully saturated rings. The summed E-state index contributed by atoms with van der Waals surface area (Å²) >= 11 is 1.15. The number of carbonyl (C=O) groups is 1. The molecule has 0 radical (unpaired) electrons. The predicted octanol–water partition coefficient (Wildman–Crippen LogP) is 3.62. The second kappa shape index (κ2) is 8.84. The van der Waals surface area contributed by atoms with Crippen molar-refractivity contribution in [2.75, 3.05) is 19.6 Å². The summed E-state index contributed by atoms with van der Waals surface area (Å²) in [5, 5.41) is 7.85. The average molecular weight is 414 g/mol. The lowest BCUT2D eigenvalue weighted by atomic mass is 10.0. The van der Waals surface area contributed by atoms with Gasteiger partial charge >= 0.3 is 6.18 Å². The minimum Gasteiger partial charge on any atom is -0.350 e. The number of nitrogens with zero attached hydrogens (tertiary/aromatic N) is 1. The molecule has 138 valence electrons. The first kappa shape index (κ1) is 21.7. The van der Waals surface area contributed by atoms with Crippen LogP contribution in [0.2, 0.25) is 0 Å². The van der Waals surface area contributed by atoms with E-state index in [-0.39, 0.29) is 36.4 Å². The topological polar surface area (TPSA) is 54.0 Å². The van der Waals surface area contributed by atoms with Crippen LogP contribution in [0.5, 0.6) is 0 Å². The largest absolute Gasteiger partial charge is 0.416 e. The summed E-state index contributed by atoms with van der Waals surface area (Å²) in [6, 6.07) is 4.94. The van der Waals surface area contributed by atoms with E-state index in [9.17, 15) is 18.0 Å². The third kappa shape index (κ3) is 5.31. The molecule has 0 bridgehead atoms. The maximum absolute atomic E-state index is 12.7. The van der Waals surface area contributed by atoms with E-state index in [0.717, 1.165) is 36.6 Å². The number of hydrogen-bond acceptors (Lipinski definition) is 4. The van der Waals surface area contributed by atoms with Crippen molar-refractivity contribution in [3.63, 3.8) is 0 Å². The Bertz CT molecular complexity index is 720. The molecule has 4 nitrogen and oxygen atoms in total. The van der Waals surface area contributed by atoms with Crippen LogP contribution in [-0.4, -0.2) is 30.5 Å². The highest BCUT2D eigenvalue weighted by Gasteiger charge is 2.30. The molecule has 1 saturated heterocycles. The maximum Gasteiger partial charge on any atom is 0.416 e. The molecule has 0 aliphatic carbocycles.